The van der Waals surface area contributed by atoms with Gasteiger partial charge in [-0.05, 0) is 52.0 Å². The summed E-state index contributed by atoms with van der Waals surface area (Å²) in [6.45, 7) is 13.6. The lowest BCUT2D eigenvalue weighted by Crippen LogP contribution is -2.53. The topological polar surface area (TPSA) is 114 Å². The molecule has 2 unspecified atom stereocenters. The van der Waals surface area contributed by atoms with Crippen LogP contribution in [0.4, 0.5) is 4.79 Å². The van der Waals surface area contributed by atoms with Crippen LogP contribution in [0.1, 0.15) is 85.8 Å². The number of esters is 1. The van der Waals surface area contributed by atoms with Crippen LogP contribution in [0, 0.1) is 5.92 Å². The molecule has 2 N–H and O–H groups in total. The van der Waals surface area contributed by atoms with Gasteiger partial charge in [-0.3, -0.25) is 14.4 Å². The fourth-order valence-electron chi connectivity index (χ4n) is 3.76. The van der Waals surface area contributed by atoms with Crippen LogP contribution in [0.5, 0.6) is 0 Å². The lowest BCUT2D eigenvalue weighted by Gasteiger charge is -2.35. The molecule has 0 saturated heterocycles. The van der Waals surface area contributed by atoms with E-state index < -0.39 is 35.7 Å². The van der Waals surface area contributed by atoms with E-state index in [2.05, 4.69) is 10.6 Å². The molecule has 0 radical (unpaired) electrons. The van der Waals surface area contributed by atoms with Crippen molar-refractivity contribution in [2.45, 2.75) is 91.8 Å². The van der Waals surface area contributed by atoms with E-state index in [1.165, 1.54) is 4.90 Å². The summed E-state index contributed by atoms with van der Waals surface area (Å²) in [5, 5.41) is 5.52. The van der Waals surface area contributed by atoms with E-state index in [-0.39, 0.29) is 31.4 Å². The first-order chi connectivity index (χ1) is 17.4. The van der Waals surface area contributed by atoms with Crippen LogP contribution in [-0.2, 0) is 23.9 Å². The Morgan fingerprint density at radius 3 is 2.22 bits per heavy atom. The molecule has 0 aromatic heterocycles. The lowest BCUT2D eigenvalue weighted by molar-refractivity contribution is -0.144. The van der Waals surface area contributed by atoms with E-state index in [1.54, 1.807) is 52.0 Å². The minimum atomic E-state index is -0.933. The summed E-state index contributed by atoms with van der Waals surface area (Å²) >= 11 is 0. The van der Waals surface area contributed by atoms with Gasteiger partial charge in [0, 0.05) is 13.1 Å². The highest BCUT2D eigenvalue weighted by Crippen LogP contribution is 2.24. The number of rotatable bonds is 14. The highest BCUT2D eigenvalue weighted by Gasteiger charge is 2.36. The fraction of sp³-hybridized carbons (Fsp3) is 0.643. The highest BCUT2D eigenvalue weighted by atomic mass is 16.6. The standard InChI is InChI=1S/C28H45N3O6/c1-8-10-18-31(26(34)22(19-20(3)4)30-27(35)37-28(5,6)7)24(21-14-12-11-13-15-21)25(33)29-17-16-23(32)36-9-2/h11-15,20,22,24H,8-10,16-19H2,1-7H3,(H,29,33)(H,30,35). The van der Waals surface area contributed by atoms with Crippen molar-refractivity contribution in [3.8, 4) is 0 Å². The molecule has 0 fully saturated rings. The van der Waals surface area contributed by atoms with E-state index in [9.17, 15) is 19.2 Å². The SMILES string of the molecule is CCCCN(C(=O)C(CC(C)C)NC(=O)OC(C)(C)C)C(C(=O)NCCC(=O)OCC)c1ccccc1. The molecule has 0 aliphatic heterocycles. The molecule has 9 heteroatoms. The Bertz CT molecular complexity index is 866. The van der Waals surface area contributed by atoms with Crippen LogP contribution in [0.25, 0.3) is 0 Å². The molecule has 3 amide bonds. The van der Waals surface area contributed by atoms with Crippen molar-refractivity contribution in [3.63, 3.8) is 0 Å². The Labute approximate surface area is 221 Å². The van der Waals surface area contributed by atoms with Crippen molar-refractivity contribution in [1.82, 2.24) is 15.5 Å². The molecule has 37 heavy (non-hydrogen) atoms. The molecule has 9 nitrogen and oxygen atoms in total. The quantitative estimate of drug-likeness (QED) is 0.353. The summed E-state index contributed by atoms with van der Waals surface area (Å²) in [6.07, 6.45) is 1.21. The van der Waals surface area contributed by atoms with Crippen molar-refractivity contribution in [2.75, 3.05) is 19.7 Å². The number of unbranched alkanes of at least 4 members (excludes halogenated alkanes) is 1. The van der Waals surface area contributed by atoms with Gasteiger partial charge in [-0.15, -0.1) is 0 Å². The smallest absolute Gasteiger partial charge is 0.408 e. The monoisotopic (exact) mass is 519 g/mol. The van der Waals surface area contributed by atoms with E-state index in [0.29, 0.717) is 24.9 Å². The number of carbonyl (C=O) groups is 4. The van der Waals surface area contributed by atoms with Gasteiger partial charge in [0.05, 0.1) is 13.0 Å². The summed E-state index contributed by atoms with van der Waals surface area (Å²) in [5.41, 5.74) is -0.0795. The first kappa shape index (κ1) is 31.9. The Morgan fingerprint density at radius 2 is 1.68 bits per heavy atom. The number of amides is 3. The minimum absolute atomic E-state index is 0.0279. The molecule has 1 rings (SSSR count). The molecule has 0 aliphatic carbocycles. The Morgan fingerprint density at radius 1 is 1.03 bits per heavy atom. The maximum absolute atomic E-state index is 14.0. The number of ether oxygens (including phenoxy) is 2. The molecule has 1 aromatic rings. The number of hydrogen-bond donors (Lipinski definition) is 2. The fourth-order valence-corrected chi connectivity index (χ4v) is 3.76. The molecule has 0 saturated carbocycles. The third-order valence-corrected chi connectivity index (χ3v) is 5.34. The van der Waals surface area contributed by atoms with Gasteiger partial charge in [0.2, 0.25) is 11.8 Å². The zero-order valence-corrected chi connectivity index (χ0v) is 23.5. The van der Waals surface area contributed by atoms with E-state index in [1.807, 2.05) is 26.8 Å². The van der Waals surface area contributed by atoms with E-state index in [4.69, 9.17) is 9.47 Å². The molecule has 2 atom stereocenters. The Balaban J connectivity index is 3.31. The average Bonchev–Trinajstić information content (AvgIpc) is 2.80. The number of carbonyl (C=O) groups excluding carboxylic acids is 4. The van der Waals surface area contributed by atoms with Crippen molar-refractivity contribution in [3.05, 3.63) is 35.9 Å². The second kappa shape index (κ2) is 15.9. The number of benzene rings is 1. The third kappa shape index (κ3) is 12.1. The third-order valence-electron chi connectivity index (χ3n) is 5.34. The Kier molecular flexibility index (Phi) is 13.7. The van der Waals surface area contributed by atoms with Gasteiger partial charge in [-0.1, -0.05) is 57.5 Å². The summed E-state index contributed by atoms with van der Waals surface area (Å²) in [5.74, 6) is -1.06. The molecule has 208 valence electrons. The zero-order chi connectivity index (χ0) is 28.0. The largest absolute Gasteiger partial charge is 0.466 e. The highest BCUT2D eigenvalue weighted by molar-refractivity contribution is 5.92. The van der Waals surface area contributed by atoms with Gasteiger partial charge in [-0.25, -0.2) is 4.79 Å². The van der Waals surface area contributed by atoms with Gasteiger partial charge in [0.25, 0.3) is 0 Å². The molecule has 0 bridgehead atoms. The lowest BCUT2D eigenvalue weighted by atomic mass is 9.99. The number of nitrogens with one attached hydrogen (secondary N) is 2. The first-order valence-electron chi connectivity index (χ1n) is 13.2. The van der Waals surface area contributed by atoms with Crippen LogP contribution >= 0.6 is 0 Å². The van der Waals surface area contributed by atoms with Crippen LogP contribution in [-0.4, -0.2) is 60.1 Å². The average molecular weight is 520 g/mol. The number of hydrogen-bond acceptors (Lipinski definition) is 6. The molecular weight excluding hydrogens is 474 g/mol. The summed E-state index contributed by atoms with van der Waals surface area (Å²) in [4.78, 5) is 53.3. The van der Waals surface area contributed by atoms with Crippen LogP contribution in [0.3, 0.4) is 0 Å². The molecular formula is C28H45N3O6. The van der Waals surface area contributed by atoms with Gasteiger partial charge in [0.15, 0.2) is 0 Å². The second-order valence-electron chi connectivity index (χ2n) is 10.4. The summed E-state index contributed by atoms with van der Waals surface area (Å²) in [7, 11) is 0. The van der Waals surface area contributed by atoms with Crippen LogP contribution in [0.15, 0.2) is 30.3 Å². The van der Waals surface area contributed by atoms with E-state index in [0.717, 1.165) is 6.42 Å². The minimum Gasteiger partial charge on any atom is -0.466 e. The molecule has 0 aliphatic rings. The maximum atomic E-state index is 14.0. The molecule has 1 aromatic carbocycles. The predicted molar refractivity (Wildman–Crippen MR) is 143 cm³/mol. The maximum Gasteiger partial charge on any atom is 0.408 e. The van der Waals surface area contributed by atoms with Crippen molar-refractivity contribution in [2.24, 2.45) is 5.92 Å². The Hall–Kier alpha value is -3.10. The van der Waals surface area contributed by atoms with Crippen molar-refractivity contribution in [1.29, 1.82) is 0 Å². The number of alkyl carbamates (subject to hydrolysis) is 1. The van der Waals surface area contributed by atoms with Gasteiger partial charge in [0.1, 0.15) is 17.7 Å². The predicted octanol–water partition coefficient (Wildman–Crippen LogP) is 4.37. The normalized spacial score (nSPS) is 12.9. The van der Waals surface area contributed by atoms with Crippen LogP contribution < -0.4 is 10.6 Å². The van der Waals surface area contributed by atoms with Gasteiger partial charge in [-0.2, -0.15) is 0 Å². The zero-order valence-electron chi connectivity index (χ0n) is 23.5. The van der Waals surface area contributed by atoms with Gasteiger partial charge >= 0.3 is 12.1 Å². The number of nitrogens with zero attached hydrogens (tertiary/aromatic N) is 1. The summed E-state index contributed by atoms with van der Waals surface area (Å²) in [6, 6.07) is 7.23. The molecule has 0 heterocycles. The summed E-state index contributed by atoms with van der Waals surface area (Å²) < 4.78 is 10.3. The van der Waals surface area contributed by atoms with Crippen molar-refractivity contribution >= 4 is 23.9 Å². The van der Waals surface area contributed by atoms with Crippen LogP contribution in [0.2, 0.25) is 0 Å². The van der Waals surface area contributed by atoms with E-state index >= 15 is 0 Å². The van der Waals surface area contributed by atoms with Crippen molar-refractivity contribution < 1.29 is 28.7 Å². The molecule has 0 spiro atoms. The second-order valence-corrected chi connectivity index (χ2v) is 10.4. The van der Waals surface area contributed by atoms with Gasteiger partial charge < -0.3 is 25.0 Å². The first-order valence-corrected chi connectivity index (χ1v) is 13.2.